The Labute approximate surface area is 175 Å². The zero-order chi connectivity index (χ0) is 19.7. The maximum absolute atomic E-state index is 12.9. The summed E-state index contributed by atoms with van der Waals surface area (Å²) in [5, 5.41) is 5.77. The van der Waals surface area contributed by atoms with E-state index in [9.17, 15) is 4.79 Å². The maximum atomic E-state index is 12.9. The fourth-order valence-corrected chi connectivity index (χ4v) is 5.27. The van der Waals surface area contributed by atoms with Gasteiger partial charge in [0.1, 0.15) is 0 Å². The third kappa shape index (κ3) is 3.86. The molecule has 5 heteroatoms. The van der Waals surface area contributed by atoms with Crippen molar-refractivity contribution in [1.29, 1.82) is 0 Å². The molecule has 4 rings (SSSR count). The molecule has 28 heavy (non-hydrogen) atoms. The fraction of sp³-hybridized carbons (Fsp3) is 0.261. The Hall–Kier alpha value is -2.14. The standard InChI is InChI=1S/C23H23ClN2OS/c1-15-12-16(2)22(19(24)13-15)25-21(27)14-26-10-8-20-18(9-11-28-20)23(26)17-6-4-3-5-7-17/h3-7,9,11-13,23H,8,10,14H2,1-2H3,(H,25,27)/t23-/m1/s1. The molecule has 0 spiro atoms. The van der Waals surface area contributed by atoms with Gasteiger partial charge in [-0.15, -0.1) is 11.3 Å². The second-order valence-electron chi connectivity index (χ2n) is 7.32. The van der Waals surface area contributed by atoms with Crippen molar-refractivity contribution in [3.8, 4) is 0 Å². The number of nitrogens with one attached hydrogen (secondary N) is 1. The van der Waals surface area contributed by atoms with Gasteiger partial charge in [-0.05, 0) is 60.0 Å². The van der Waals surface area contributed by atoms with Gasteiger partial charge in [0.05, 0.1) is 23.3 Å². The van der Waals surface area contributed by atoms with Crippen molar-refractivity contribution in [2.24, 2.45) is 0 Å². The molecule has 2 aromatic carbocycles. The monoisotopic (exact) mass is 410 g/mol. The highest BCUT2D eigenvalue weighted by molar-refractivity contribution is 7.10. The number of hydrogen-bond acceptors (Lipinski definition) is 3. The van der Waals surface area contributed by atoms with Crippen LogP contribution in [0.25, 0.3) is 0 Å². The predicted octanol–water partition coefficient (Wildman–Crippen LogP) is 5.60. The summed E-state index contributed by atoms with van der Waals surface area (Å²) in [6.07, 6.45) is 0.980. The van der Waals surface area contributed by atoms with Gasteiger partial charge in [0, 0.05) is 11.4 Å². The molecule has 0 unspecified atom stereocenters. The number of rotatable bonds is 4. The lowest BCUT2D eigenvalue weighted by atomic mass is 9.93. The molecule has 144 valence electrons. The number of halogens is 1. The first-order valence-electron chi connectivity index (χ1n) is 9.45. The molecule has 0 bridgehead atoms. The molecule has 1 aliphatic heterocycles. The van der Waals surface area contributed by atoms with Crippen molar-refractivity contribution in [3.63, 3.8) is 0 Å². The zero-order valence-electron chi connectivity index (χ0n) is 16.0. The summed E-state index contributed by atoms with van der Waals surface area (Å²) in [6.45, 7) is 5.17. The Balaban J connectivity index is 1.57. The largest absolute Gasteiger partial charge is 0.323 e. The van der Waals surface area contributed by atoms with Gasteiger partial charge >= 0.3 is 0 Å². The summed E-state index contributed by atoms with van der Waals surface area (Å²) in [4.78, 5) is 16.6. The van der Waals surface area contributed by atoms with E-state index in [2.05, 4.69) is 45.9 Å². The highest BCUT2D eigenvalue weighted by Gasteiger charge is 2.30. The lowest BCUT2D eigenvalue weighted by Gasteiger charge is -2.35. The van der Waals surface area contributed by atoms with E-state index < -0.39 is 0 Å². The van der Waals surface area contributed by atoms with E-state index in [1.54, 1.807) is 0 Å². The lowest BCUT2D eigenvalue weighted by molar-refractivity contribution is -0.117. The molecule has 0 aliphatic carbocycles. The molecule has 3 aromatic rings. The topological polar surface area (TPSA) is 32.3 Å². The summed E-state index contributed by atoms with van der Waals surface area (Å²) in [5.74, 6) is -0.0338. The molecule has 1 amide bonds. The molecular weight excluding hydrogens is 388 g/mol. The van der Waals surface area contributed by atoms with Crippen LogP contribution in [0.4, 0.5) is 5.69 Å². The lowest BCUT2D eigenvalue weighted by Crippen LogP contribution is -2.40. The van der Waals surface area contributed by atoms with Crippen molar-refractivity contribution in [2.75, 3.05) is 18.4 Å². The van der Waals surface area contributed by atoms with E-state index >= 15 is 0 Å². The molecule has 0 saturated carbocycles. The van der Waals surface area contributed by atoms with Crippen LogP contribution >= 0.6 is 22.9 Å². The van der Waals surface area contributed by atoms with E-state index in [4.69, 9.17) is 11.6 Å². The Bertz CT molecular complexity index is 976. The molecule has 0 fully saturated rings. The Morgan fingerprint density at radius 1 is 1.21 bits per heavy atom. The van der Waals surface area contributed by atoms with Crippen LogP contribution in [0, 0.1) is 13.8 Å². The highest BCUT2D eigenvalue weighted by Crippen LogP contribution is 2.37. The Morgan fingerprint density at radius 2 is 2.00 bits per heavy atom. The molecule has 1 atom stereocenters. The molecular formula is C23H23ClN2OS. The van der Waals surface area contributed by atoms with Gasteiger partial charge in [0.15, 0.2) is 0 Å². The van der Waals surface area contributed by atoms with Gasteiger partial charge in [-0.25, -0.2) is 0 Å². The highest BCUT2D eigenvalue weighted by atomic mass is 35.5. The number of carbonyl (C=O) groups excluding carboxylic acids is 1. The Kier molecular flexibility index (Phi) is 5.54. The molecule has 0 saturated heterocycles. The van der Waals surface area contributed by atoms with Gasteiger partial charge in [-0.3, -0.25) is 9.69 Å². The fourth-order valence-electron chi connectivity index (χ4n) is 4.00. The van der Waals surface area contributed by atoms with Crippen molar-refractivity contribution >= 4 is 34.5 Å². The first-order valence-corrected chi connectivity index (χ1v) is 10.7. The number of carbonyl (C=O) groups is 1. The number of thiophene rings is 1. The quantitative estimate of drug-likeness (QED) is 0.606. The van der Waals surface area contributed by atoms with Crippen LogP contribution in [0.2, 0.25) is 5.02 Å². The van der Waals surface area contributed by atoms with Crippen LogP contribution in [0.1, 0.15) is 33.2 Å². The van der Waals surface area contributed by atoms with Crippen LogP contribution in [0.3, 0.4) is 0 Å². The van der Waals surface area contributed by atoms with E-state index in [1.807, 2.05) is 43.4 Å². The third-order valence-electron chi connectivity index (χ3n) is 5.22. The zero-order valence-corrected chi connectivity index (χ0v) is 17.6. The summed E-state index contributed by atoms with van der Waals surface area (Å²) in [7, 11) is 0. The first-order chi connectivity index (χ1) is 13.5. The van der Waals surface area contributed by atoms with Crippen molar-refractivity contribution < 1.29 is 4.79 Å². The van der Waals surface area contributed by atoms with Gasteiger partial charge < -0.3 is 5.32 Å². The summed E-state index contributed by atoms with van der Waals surface area (Å²) < 4.78 is 0. The minimum atomic E-state index is -0.0338. The van der Waals surface area contributed by atoms with Gasteiger partial charge in [-0.2, -0.15) is 0 Å². The second kappa shape index (κ2) is 8.08. The number of nitrogens with zero attached hydrogens (tertiary/aromatic N) is 1. The number of hydrogen-bond donors (Lipinski definition) is 1. The number of aryl methyl sites for hydroxylation is 2. The average Bonchev–Trinajstić information content (AvgIpc) is 3.14. The molecule has 1 N–H and O–H groups in total. The molecule has 0 radical (unpaired) electrons. The van der Waals surface area contributed by atoms with Gasteiger partial charge in [0.25, 0.3) is 0 Å². The summed E-state index contributed by atoms with van der Waals surface area (Å²) >= 11 is 8.18. The van der Waals surface area contributed by atoms with Crippen LogP contribution in [-0.4, -0.2) is 23.9 Å². The summed E-state index contributed by atoms with van der Waals surface area (Å²) in [6, 6.07) is 16.7. The SMILES string of the molecule is Cc1cc(C)c(NC(=O)CN2CCc3sccc3[C@H]2c2ccccc2)c(Cl)c1. The normalized spacial score (nSPS) is 16.6. The van der Waals surface area contributed by atoms with Crippen LogP contribution in [-0.2, 0) is 11.2 Å². The predicted molar refractivity (Wildman–Crippen MR) is 117 cm³/mol. The molecule has 1 aromatic heterocycles. The van der Waals surface area contributed by atoms with Crippen LogP contribution in [0.5, 0.6) is 0 Å². The van der Waals surface area contributed by atoms with Crippen LogP contribution in [0.15, 0.2) is 53.9 Å². The second-order valence-corrected chi connectivity index (χ2v) is 8.73. The third-order valence-corrected chi connectivity index (χ3v) is 6.52. The van der Waals surface area contributed by atoms with Crippen molar-refractivity contribution in [2.45, 2.75) is 26.3 Å². The first kappa shape index (κ1) is 19.2. The van der Waals surface area contributed by atoms with E-state index in [0.29, 0.717) is 17.3 Å². The van der Waals surface area contributed by atoms with Crippen LogP contribution < -0.4 is 5.32 Å². The van der Waals surface area contributed by atoms with Gasteiger partial charge in [0.2, 0.25) is 5.91 Å². The minimum absolute atomic E-state index is 0.0338. The number of anilines is 1. The molecule has 1 aliphatic rings. The average molecular weight is 411 g/mol. The smallest absolute Gasteiger partial charge is 0.238 e. The van der Waals surface area contributed by atoms with E-state index in [1.165, 1.54) is 16.0 Å². The molecule has 2 heterocycles. The molecule has 3 nitrogen and oxygen atoms in total. The number of fused-ring (bicyclic) bond motifs is 1. The van der Waals surface area contributed by atoms with Crippen molar-refractivity contribution in [3.05, 3.63) is 86.1 Å². The van der Waals surface area contributed by atoms with E-state index in [-0.39, 0.29) is 11.9 Å². The Morgan fingerprint density at radius 3 is 2.75 bits per heavy atom. The minimum Gasteiger partial charge on any atom is -0.323 e. The van der Waals surface area contributed by atoms with Crippen molar-refractivity contribution in [1.82, 2.24) is 4.90 Å². The number of amides is 1. The maximum Gasteiger partial charge on any atom is 0.238 e. The van der Waals surface area contributed by atoms with E-state index in [0.717, 1.165) is 24.1 Å². The van der Waals surface area contributed by atoms with Gasteiger partial charge in [-0.1, -0.05) is 48.0 Å². The summed E-state index contributed by atoms with van der Waals surface area (Å²) in [5.41, 5.74) is 5.32. The number of benzene rings is 2.